The smallest absolute Gasteiger partial charge is 0.256 e. The summed E-state index contributed by atoms with van der Waals surface area (Å²) in [4.78, 5) is 32.0. The molecule has 3 heterocycles. The predicted octanol–water partition coefficient (Wildman–Crippen LogP) is 3.05. The number of rotatable bonds is 3. The summed E-state index contributed by atoms with van der Waals surface area (Å²) in [7, 11) is 0. The molecule has 0 fully saturated rings. The Morgan fingerprint density at radius 3 is 2.76 bits per heavy atom. The Balaban J connectivity index is 1.74. The molecule has 0 unspecified atom stereocenters. The van der Waals surface area contributed by atoms with Gasteiger partial charge in [-0.2, -0.15) is 9.50 Å². The van der Waals surface area contributed by atoms with E-state index in [1.165, 1.54) is 21.9 Å². The van der Waals surface area contributed by atoms with Crippen LogP contribution in [0, 0.1) is 0 Å². The van der Waals surface area contributed by atoms with Crippen LogP contribution in [-0.2, 0) is 0 Å². The molecule has 1 amide bonds. The maximum atomic E-state index is 12.4. The number of halogens is 1. The number of carbonyl (C=O) groups is 1. The Morgan fingerprint density at radius 1 is 1.24 bits per heavy atom. The molecule has 7 nitrogen and oxygen atoms in total. The van der Waals surface area contributed by atoms with Crippen molar-refractivity contribution in [3.8, 4) is 10.7 Å². The Morgan fingerprint density at radius 2 is 2.04 bits per heavy atom. The van der Waals surface area contributed by atoms with E-state index in [4.69, 9.17) is 11.6 Å². The summed E-state index contributed by atoms with van der Waals surface area (Å²) in [6, 6.07) is 11.5. The standard InChI is InChI=1S/C16H10ClN5O2S/c17-10-5-3-9(4-6-10)15(24)18-12-8-13(23)19-16-20-14(21-22(12)16)11-2-1-7-25-11/h1-8H,(H,18,24)(H,19,20,21,23). The highest BCUT2D eigenvalue weighted by Crippen LogP contribution is 2.22. The van der Waals surface area contributed by atoms with E-state index in [1.54, 1.807) is 24.3 Å². The van der Waals surface area contributed by atoms with E-state index in [9.17, 15) is 9.59 Å². The van der Waals surface area contributed by atoms with Crippen LogP contribution in [0.5, 0.6) is 0 Å². The third kappa shape index (κ3) is 3.04. The fraction of sp³-hybridized carbons (Fsp3) is 0. The second kappa shape index (κ2) is 6.15. The monoisotopic (exact) mass is 371 g/mol. The van der Waals surface area contributed by atoms with Gasteiger partial charge in [-0.05, 0) is 35.7 Å². The first kappa shape index (κ1) is 15.6. The molecule has 9 heteroatoms. The summed E-state index contributed by atoms with van der Waals surface area (Å²) >= 11 is 7.31. The Bertz CT molecular complexity index is 1120. The number of hydrogen-bond donors (Lipinski definition) is 2. The molecule has 0 radical (unpaired) electrons. The predicted molar refractivity (Wildman–Crippen MR) is 96.3 cm³/mol. The maximum absolute atomic E-state index is 12.4. The van der Waals surface area contributed by atoms with Crippen molar-refractivity contribution in [3.05, 3.63) is 68.8 Å². The minimum Gasteiger partial charge on any atom is -0.306 e. The van der Waals surface area contributed by atoms with Crippen molar-refractivity contribution in [2.75, 3.05) is 5.32 Å². The molecule has 4 aromatic rings. The van der Waals surface area contributed by atoms with Gasteiger partial charge in [0.1, 0.15) is 5.82 Å². The third-order valence-corrected chi connectivity index (χ3v) is 4.55. The van der Waals surface area contributed by atoms with Gasteiger partial charge >= 0.3 is 0 Å². The minimum atomic E-state index is -0.385. The number of thiophene rings is 1. The largest absolute Gasteiger partial charge is 0.306 e. The highest BCUT2D eigenvalue weighted by Gasteiger charge is 2.14. The zero-order valence-electron chi connectivity index (χ0n) is 12.6. The number of aromatic nitrogens is 4. The van der Waals surface area contributed by atoms with E-state index in [1.807, 2.05) is 17.5 Å². The average molecular weight is 372 g/mol. The molecule has 0 atom stereocenters. The SMILES string of the molecule is O=C(Nc1cc(=O)[nH]c2nc(-c3cccs3)nn12)c1ccc(Cl)cc1. The maximum Gasteiger partial charge on any atom is 0.256 e. The lowest BCUT2D eigenvalue weighted by Gasteiger charge is -2.06. The van der Waals surface area contributed by atoms with E-state index in [-0.39, 0.29) is 23.1 Å². The topological polar surface area (TPSA) is 92.1 Å². The molecule has 124 valence electrons. The molecule has 0 spiro atoms. The molecule has 3 aromatic heterocycles. The molecule has 2 N–H and O–H groups in total. The number of anilines is 1. The van der Waals surface area contributed by atoms with Crippen LogP contribution < -0.4 is 10.9 Å². The highest BCUT2D eigenvalue weighted by atomic mass is 35.5. The lowest BCUT2D eigenvalue weighted by molar-refractivity contribution is 0.102. The van der Waals surface area contributed by atoms with E-state index in [0.717, 1.165) is 4.88 Å². The van der Waals surface area contributed by atoms with Crippen molar-refractivity contribution in [3.63, 3.8) is 0 Å². The molecule has 4 rings (SSSR count). The van der Waals surface area contributed by atoms with Crippen LogP contribution in [0.2, 0.25) is 5.02 Å². The van der Waals surface area contributed by atoms with Crippen LogP contribution in [0.4, 0.5) is 5.82 Å². The lowest BCUT2D eigenvalue weighted by atomic mass is 10.2. The zero-order valence-corrected chi connectivity index (χ0v) is 14.1. The van der Waals surface area contributed by atoms with Gasteiger partial charge in [0.15, 0.2) is 5.82 Å². The number of nitrogens with one attached hydrogen (secondary N) is 2. The molecule has 0 aliphatic rings. The van der Waals surface area contributed by atoms with Gasteiger partial charge in [-0.25, -0.2) is 0 Å². The summed E-state index contributed by atoms with van der Waals surface area (Å²) in [6.45, 7) is 0. The van der Waals surface area contributed by atoms with Crippen LogP contribution >= 0.6 is 22.9 Å². The van der Waals surface area contributed by atoms with Gasteiger partial charge in [-0.3, -0.25) is 14.6 Å². The normalized spacial score (nSPS) is 10.9. The number of carbonyl (C=O) groups excluding carboxylic acids is 1. The molecule has 0 saturated heterocycles. The molecular weight excluding hydrogens is 362 g/mol. The first-order chi connectivity index (χ1) is 12.1. The molecule has 25 heavy (non-hydrogen) atoms. The van der Waals surface area contributed by atoms with E-state index in [0.29, 0.717) is 16.4 Å². The number of amides is 1. The van der Waals surface area contributed by atoms with Gasteiger partial charge in [0.25, 0.3) is 11.5 Å². The van der Waals surface area contributed by atoms with Crippen molar-refractivity contribution in [2.24, 2.45) is 0 Å². The van der Waals surface area contributed by atoms with Crippen molar-refractivity contribution in [1.29, 1.82) is 0 Å². The summed E-state index contributed by atoms with van der Waals surface area (Å²) < 4.78 is 1.39. The van der Waals surface area contributed by atoms with Crippen LogP contribution in [0.15, 0.2) is 52.6 Å². The fourth-order valence-electron chi connectivity index (χ4n) is 2.28. The second-order valence-electron chi connectivity index (χ2n) is 5.13. The van der Waals surface area contributed by atoms with Gasteiger partial charge in [0.05, 0.1) is 4.88 Å². The quantitative estimate of drug-likeness (QED) is 0.579. The molecule has 0 aliphatic carbocycles. The summed E-state index contributed by atoms with van der Waals surface area (Å²) in [6.07, 6.45) is 0. The molecule has 1 aromatic carbocycles. The third-order valence-electron chi connectivity index (χ3n) is 3.43. The molecular formula is C16H10ClN5O2S. The van der Waals surface area contributed by atoms with Gasteiger partial charge in [0, 0.05) is 16.7 Å². The van der Waals surface area contributed by atoms with E-state index >= 15 is 0 Å². The average Bonchev–Trinajstić information content (AvgIpc) is 3.24. The lowest BCUT2D eigenvalue weighted by Crippen LogP contribution is -2.18. The van der Waals surface area contributed by atoms with Gasteiger partial charge < -0.3 is 5.32 Å². The van der Waals surface area contributed by atoms with Crippen LogP contribution in [0.25, 0.3) is 16.5 Å². The summed E-state index contributed by atoms with van der Waals surface area (Å²) in [5.74, 6) is 0.576. The number of aromatic amines is 1. The zero-order chi connectivity index (χ0) is 17.4. The van der Waals surface area contributed by atoms with Crippen LogP contribution in [0.3, 0.4) is 0 Å². The van der Waals surface area contributed by atoms with Gasteiger partial charge in [-0.1, -0.05) is 17.7 Å². The molecule has 0 aliphatic heterocycles. The number of H-pyrrole nitrogens is 1. The minimum absolute atomic E-state index is 0.231. The molecule has 0 saturated carbocycles. The summed E-state index contributed by atoms with van der Waals surface area (Å²) in [5.41, 5.74) is 0.0282. The van der Waals surface area contributed by atoms with Crippen LogP contribution in [0.1, 0.15) is 10.4 Å². The summed E-state index contributed by atoms with van der Waals surface area (Å²) in [5, 5.41) is 9.49. The number of nitrogens with zero attached hydrogens (tertiary/aromatic N) is 3. The van der Waals surface area contributed by atoms with Gasteiger partial charge in [-0.15, -0.1) is 16.4 Å². The van der Waals surface area contributed by atoms with Crippen molar-refractivity contribution in [2.45, 2.75) is 0 Å². The van der Waals surface area contributed by atoms with Crippen LogP contribution in [-0.4, -0.2) is 25.5 Å². The number of benzene rings is 1. The van der Waals surface area contributed by atoms with Crippen molar-refractivity contribution in [1.82, 2.24) is 19.6 Å². The van der Waals surface area contributed by atoms with E-state index in [2.05, 4.69) is 20.4 Å². The molecule has 0 bridgehead atoms. The van der Waals surface area contributed by atoms with Crippen molar-refractivity contribution < 1.29 is 4.79 Å². The number of fused-ring (bicyclic) bond motifs is 1. The second-order valence-corrected chi connectivity index (χ2v) is 6.51. The first-order valence-corrected chi connectivity index (χ1v) is 8.47. The Labute approximate surface area is 149 Å². The van der Waals surface area contributed by atoms with E-state index < -0.39 is 0 Å². The number of hydrogen-bond acceptors (Lipinski definition) is 5. The Hall–Kier alpha value is -2.97. The van der Waals surface area contributed by atoms with Gasteiger partial charge in [0.2, 0.25) is 5.78 Å². The fourth-order valence-corrected chi connectivity index (χ4v) is 3.06. The highest BCUT2D eigenvalue weighted by molar-refractivity contribution is 7.13. The first-order valence-electron chi connectivity index (χ1n) is 7.21. The van der Waals surface area contributed by atoms with Crippen molar-refractivity contribution >= 4 is 40.4 Å². The Kier molecular flexibility index (Phi) is 3.83.